The number of nitrogens with zero attached hydrogens (tertiary/aromatic N) is 2. The minimum Gasteiger partial charge on any atom is -0.457 e. The van der Waals surface area contributed by atoms with Gasteiger partial charge in [0.15, 0.2) is 0 Å². The summed E-state index contributed by atoms with van der Waals surface area (Å²) in [6, 6.07) is 12.9. The molecule has 124 valence electrons. The first-order valence-electron chi connectivity index (χ1n) is 7.78. The van der Waals surface area contributed by atoms with Crippen molar-refractivity contribution in [1.82, 2.24) is 9.78 Å². The molecular weight excluding hydrogens is 304 g/mol. The largest absolute Gasteiger partial charge is 0.457 e. The molecule has 0 N–H and O–H groups in total. The summed E-state index contributed by atoms with van der Waals surface area (Å²) in [6.45, 7) is 8.21. The lowest BCUT2D eigenvalue weighted by molar-refractivity contribution is 0.0689. The number of benzene rings is 1. The molecule has 0 atom stereocenters. The van der Waals surface area contributed by atoms with E-state index < -0.39 is 5.97 Å². The van der Waals surface area contributed by atoms with E-state index in [1.807, 2.05) is 31.2 Å². The maximum Gasteiger partial charge on any atom is 0.380 e. The second-order valence-electron chi connectivity index (χ2n) is 6.73. The van der Waals surface area contributed by atoms with Gasteiger partial charge < -0.3 is 9.15 Å². The van der Waals surface area contributed by atoms with Crippen molar-refractivity contribution in [1.29, 1.82) is 0 Å². The number of hydrogen-bond acceptors (Lipinski definition) is 4. The van der Waals surface area contributed by atoms with E-state index in [0.717, 1.165) is 16.9 Å². The summed E-state index contributed by atoms with van der Waals surface area (Å²) in [4.78, 5) is 12.2. The van der Waals surface area contributed by atoms with Gasteiger partial charge in [0.2, 0.25) is 11.6 Å². The van der Waals surface area contributed by atoms with Crippen LogP contribution >= 0.6 is 0 Å². The molecular formula is C19H20N2O3. The van der Waals surface area contributed by atoms with E-state index >= 15 is 0 Å². The van der Waals surface area contributed by atoms with Crippen molar-refractivity contribution in [3.05, 3.63) is 65.7 Å². The molecule has 0 bridgehead atoms. The van der Waals surface area contributed by atoms with Gasteiger partial charge >= 0.3 is 5.97 Å². The molecule has 0 saturated carbocycles. The Morgan fingerprint density at radius 3 is 2.46 bits per heavy atom. The third kappa shape index (κ3) is 3.25. The van der Waals surface area contributed by atoms with Crippen molar-refractivity contribution in [3.8, 4) is 11.6 Å². The summed E-state index contributed by atoms with van der Waals surface area (Å²) < 4.78 is 12.3. The summed E-state index contributed by atoms with van der Waals surface area (Å²) in [5, 5.41) is 4.62. The quantitative estimate of drug-likeness (QED) is 0.674. The summed E-state index contributed by atoms with van der Waals surface area (Å²) in [5.74, 6) is -0.0251. The van der Waals surface area contributed by atoms with E-state index in [4.69, 9.17) is 9.15 Å². The molecule has 0 saturated heterocycles. The number of aryl methyl sites for hydroxylation is 1. The van der Waals surface area contributed by atoms with Crippen LogP contribution in [0, 0.1) is 6.92 Å². The molecule has 0 spiro atoms. The van der Waals surface area contributed by atoms with Crippen molar-refractivity contribution in [3.63, 3.8) is 0 Å². The zero-order chi connectivity index (χ0) is 17.3. The van der Waals surface area contributed by atoms with Crippen molar-refractivity contribution >= 4 is 5.97 Å². The van der Waals surface area contributed by atoms with Crippen LogP contribution in [0.15, 0.2) is 53.1 Å². The van der Waals surface area contributed by atoms with Crippen molar-refractivity contribution in [2.45, 2.75) is 33.1 Å². The normalized spacial score (nSPS) is 11.5. The van der Waals surface area contributed by atoms with Gasteiger partial charge in [0.05, 0.1) is 17.6 Å². The third-order valence-electron chi connectivity index (χ3n) is 3.64. The topological polar surface area (TPSA) is 57.3 Å². The molecule has 0 aliphatic rings. The maximum atomic E-state index is 12.2. The highest BCUT2D eigenvalue weighted by molar-refractivity contribution is 5.87. The zero-order valence-electron chi connectivity index (χ0n) is 14.2. The summed E-state index contributed by atoms with van der Waals surface area (Å²) in [6.07, 6.45) is 1.44. The molecule has 0 aliphatic carbocycles. The van der Waals surface area contributed by atoms with Gasteiger partial charge in [0.1, 0.15) is 0 Å². The van der Waals surface area contributed by atoms with Crippen LogP contribution < -0.4 is 4.74 Å². The Balaban J connectivity index is 2.01. The van der Waals surface area contributed by atoms with E-state index in [0.29, 0.717) is 5.88 Å². The molecule has 0 fully saturated rings. The standard InChI is InChI=1S/C19H20N2O3/c1-13-7-9-14(10-8-13)21-17(12-16(20-21)19(2,3)4)24-18(22)15-6-5-11-23-15/h5-12H,1-4H3. The first-order valence-corrected chi connectivity index (χ1v) is 7.78. The number of carbonyl (C=O) groups excluding carboxylic acids is 1. The molecule has 3 rings (SSSR count). The summed E-state index contributed by atoms with van der Waals surface area (Å²) >= 11 is 0. The third-order valence-corrected chi connectivity index (χ3v) is 3.64. The maximum absolute atomic E-state index is 12.2. The van der Waals surface area contributed by atoms with Gasteiger partial charge in [-0.1, -0.05) is 38.5 Å². The number of furan rings is 1. The second-order valence-corrected chi connectivity index (χ2v) is 6.73. The fourth-order valence-electron chi connectivity index (χ4n) is 2.21. The minimum atomic E-state index is -0.547. The molecule has 0 aliphatic heterocycles. The predicted molar refractivity (Wildman–Crippen MR) is 90.7 cm³/mol. The van der Waals surface area contributed by atoms with E-state index in [1.54, 1.807) is 22.9 Å². The zero-order valence-corrected chi connectivity index (χ0v) is 14.2. The molecule has 2 heterocycles. The van der Waals surface area contributed by atoms with Crippen LogP contribution in [0.5, 0.6) is 5.88 Å². The molecule has 2 aromatic heterocycles. The molecule has 5 nitrogen and oxygen atoms in total. The minimum absolute atomic E-state index is 0.156. The Kier molecular flexibility index (Phi) is 4.01. The Labute approximate surface area is 140 Å². The Hall–Kier alpha value is -2.82. The molecule has 0 amide bonds. The molecule has 3 aromatic rings. The lowest BCUT2D eigenvalue weighted by atomic mass is 9.93. The number of aromatic nitrogens is 2. The van der Waals surface area contributed by atoms with E-state index in [-0.39, 0.29) is 11.2 Å². The monoisotopic (exact) mass is 324 g/mol. The average Bonchev–Trinajstić information content (AvgIpc) is 3.16. The van der Waals surface area contributed by atoms with E-state index in [9.17, 15) is 4.79 Å². The van der Waals surface area contributed by atoms with Crippen LogP contribution in [0.2, 0.25) is 0 Å². The molecule has 5 heteroatoms. The van der Waals surface area contributed by atoms with Crippen LogP contribution in [-0.4, -0.2) is 15.7 Å². The van der Waals surface area contributed by atoms with Gasteiger partial charge in [-0.15, -0.1) is 0 Å². The van der Waals surface area contributed by atoms with Gasteiger partial charge in [-0.25, -0.2) is 9.48 Å². The second kappa shape index (κ2) is 6.00. The number of rotatable bonds is 3. The van der Waals surface area contributed by atoms with Crippen LogP contribution in [0.25, 0.3) is 5.69 Å². The lowest BCUT2D eigenvalue weighted by Crippen LogP contribution is -2.13. The number of esters is 1. The fraction of sp³-hybridized carbons (Fsp3) is 0.263. The fourth-order valence-corrected chi connectivity index (χ4v) is 2.21. The number of carbonyl (C=O) groups is 1. The molecule has 24 heavy (non-hydrogen) atoms. The lowest BCUT2D eigenvalue weighted by Gasteiger charge is -2.13. The van der Waals surface area contributed by atoms with E-state index in [1.165, 1.54) is 6.26 Å². The summed E-state index contributed by atoms with van der Waals surface area (Å²) in [7, 11) is 0. The highest BCUT2D eigenvalue weighted by atomic mass is 16.6. The van der Waals surface area contributed by atoms with Gasteiger partial charge in [0, 0.05) is 11.5 Å². The van der Waals surface area contributed by atoms with Gasteiger partial charge in [-0.2, -0.15) is 5.10 Å². The highest BCUT2D eigenvalue weighted by Gasteiger charge is 2.23. The average molecular weight is 324 g/mol. The highest BCUT2D eigenvalue weighted by Crippen LogP contribution is 2.28. The van der Waals surface area contributed by atoms with Crippen LogP contribution in [0.4, 0.5) is 0 Å². The van der Waals surface area contributed by atoms with Crippen molar-refractivity contribution in [2.75, 3.05) is 0 Å². The molecule has 0 unspecified atom stereocenters. The van der Waals surface area contributed by atoms with Crippen LogP contribution in [0.1, 0.15) is 42.6 Å². The summed E-state index contributed by atoms with van der Waals surface area (Å²) in [5.41, 5.74) is 2.65. The Bertz CT molecular complexity index is 838. The van der Waals surface area contributed by atoms with Crippen LogP contribution in [-0.2, 0) is 5.41 Å². The molecule has 1 aromatic carbocycles. The number of hydrogen-bond donors (Lipinski definition) is 0. The smallest absolute Gasteiger partial charge is 0.380 e. The predicted octanol–water partition coefficient (Wildman–Crippen LogP) is 4.29. The Morgan fingerprint density at radius 1 is 1.17 bits per heavy atom. The van der Waals surface area contributed by atoms with E-state index in [2.05, 4.69) is 25.9 Å². The van der Waals surface area contributed by atoms with Gasteiger partial charge in [-0.3, -0.25) is 0 Å². The number of ether oxygens (including phenoxy) is 1. The first-order chi connectivity index (χ1) is 11.3. The Morgan fingerprint density at radius 2 is 1.88 bits per heavy atom. The van der Waals surface area contributed by atoms with Crippen molar-refractivity contribution < 1.29 is 13.9 Å². The van der Waals surface area contributed by atoms with Gasteiger partial charge in [-0.05, 0) is 31.2 Å². The van der Waals surface area contributed by atoms with Gasteiger partial charge in [0.25, 0.3) is 0 Å². The van der Waals surface area contributed by atoms with Crippen molar-refractivity contribution in [2.24, 2.45) is 0 Å². The first kappa shape index (κ1) is 16.1. The van der Waals surface area contributed by atoms with Crippen LogP contribution in [0.3, 0.4) is 0 Å². The molecule has 0 radical (unpaired) electrons. The SMILES string of the molecule is Cc1ccc(-n2nc(C(C)(C)C)cc2OC(=O)c2ccco2)cc1.